The van der Waals surface area contributed by atoms with Gasteiger partial charge in [0.1, 0.15) is 6.61 Å². The average molecular weight is 419 g/mol. The van der Waals surface area contributed by atoms with Gasteiger partial charge in [-0.25, -0.2) is 0 Å². The van der Waals surface area contributed by atoms with Crippen LogP contribution in [0.2, 0.25) is 0 Å². The SMILES string of the molecule is CCCCCCC(O)CCCCCCCCCCC(=O)OCC(CO)(CO)CO. The fourth-order valence-corrected chi connectivity index (χ4v) is 3.25. The average Bonchev–Trinajstić information content (AvgIpc) is 2.74. The van der Waals surface area contributed by atoms with Crippen molar-refractivity contribution in [3.05, 3.63) is 0 Å². The molecule has 0 heterocycles. The van der Waals surface area contributed by atoms with Gasteiger partial charge in [0.2, 0.25) is 0 Å². The van der Waals surface area contributed by atoms with Gasteiger partial charge in [0, 0.05) is 6.42 Å². The van der Waals surface area contributed by atoms with Crippen LogP contribution in [0, 0.1) is 5.41 Å². The van der Waals surface area contributed by atoms with Crippen molar-refractivity contribution in [1.29, 1.82) is 0 Å². The van der Waals surface area contributed by atoms with E-state index in [1.807, 2.05) is 0 Å². The Morgan fingerprint density at radius 3 is 1.69 bits per heavy atom. The molecular weight excluding hydrogens is 372 g/mol. The van der Waals surface area contributed by atoms with E-state index in [0.717, 1.165) is 51.4 Å². The van der Waals surface area contributed by atoms with Crippen LogP contribution in [0.15, 0.2) is 0 Å². The number of carbonyl (C=O) groups is 1. The molecule has 0 aromatic rings. The van der Waals surface area contributed by atoms with Crippen LogP contribution in [0.5, 0.6) is 0 Å². The summed E-state index contributed by atoms with van der Waals surface area (Å²) in [6.45, 7) is 0.761. The third kappa shape index (κ3) is 15.8. The van der Waals surface area contributed by atoms with E-state index in [0.29, 0.717) is 6.42 Å². The quantitative estimate of drug-likeness (QED) is 0.167. The normalized spacial score (nSPS) is 12.9. The molecule has 174 valence electrons. The molecule has 0 aromatic heterocycles. The highest BCUT2D eigenvalue weighted by atomic mass is 16.5. The Bertz CT molecular complexity index is 362. The largest absolute Gasteiger partial charge is 0.465 e. The Balaban J connectivity index is 3.45. The van der Waals surface area contributed by atoms with E-state index in [1.54, 1.807) is 0 Å². The molecule has 0 saturated heterocycles. The summed E-state index contributed by atoms with van der Waals surface area (Å²) < 4.78 is 5.07. The summed E-state index contributed by atoms with van der Waals surface area (Å²) in [5.74, 6) is -0.349. The van der Waals surface area contributed by atoms with Crippen molar-refractivity contribution in [3.63, 3.8) is 0 Å². The lowest BCUT2D eigenvalue weighted by molar-refractivity contribution is -0.151. The van der Waals surface area contributed by atoms with Crippen LogP contribution in [0.1, 0.15) is 103 Å². The van der Waals surface area contributed by atoms with Crippen molar-refractivity contribution >= 4 is 5.97 Å². The standard InChI is InChI=1S/C23H46O6/c1-2-3-4-11-14-21(27)15-12-9-7-5-6-8-10-13-16-22(28)29-20-23(17-24,18-25)19-26/h21,24-27H,2-20H2,1H3. The second-order valence-corrected chi connectivity index (χ2v) is 8.51. The highest BCUT2D eigenvalue weighted by molar-refractivity contribution is 5.69. The number of hydrogen-bond acceptors (Lipinski definition) is 6. The Hall–Kier alpha value is -0.690. The van der Waals surface area contributed by atoms with Gasteiger partial charge < -0.3 is 25.2 Å². The number of aliphatic hydroxyl groups is 4. The van der Waals surface area contributed by atoms with Gasteiger partial charge in [-0.1, -0.05) is 77.6 Å². The van der Waals surface area contributed by atoms with E-state index < -0.39 is 25.2 Å². The second-order valence-electron chi connectivity index (χ2n) is 8.51. The summed E-state index contributed by atoms with van der Waals surface area (Å²) in [6, 6.07) is 0. The van der Waals surface area contributed by atoms with E-state index >= 15 is 0 Å². The maximum Gasteiger partial charge on any atom is 0.305 e. The number of hydrogen-bond donors (Lipinski definition) is 4. The zero-order chi connectivity index (χ0) is 21.8. The monoisotopic (exact) mass is 418 g/mol. The zero-order valence-electron chi connectivity index (χ0n) is 18.6. The molecule has 29 heavy (non-hydrogen) atoms. The molecule has 0 aliphatic carbocycles. The fourth-order valence-electron chi connectivity index (χ4n) is 3.25. The van der Waals surface area contributed by atoms with E-state index in [4.69, 9.17) is 4.74 Å². The zero-order valence-corrected chi connectivity index (χ0v) is 18.6. The smallest absolute Gasteiger partial charge is 0.305 e. The molecule has 0 bridgehead atoms. The molecule has 0 saturated carbocycles. The lowest BCUT2D eigenvalue weighted by Crippen LogP contribution is -2.39. The Morgan fingerprint density at radius 2 is 1.21 bits per heavy atom. The van der Waals surface area contributed by atoms with Crippen molar-refractivity contribution in [2.24, 2.45) is 5.41 Å². The Labute approximate surface area is 177 Å². The van der Waals surface area contributed by atoms with Crippen LogP contribution in [0.4, 0.5) is 0 Å². The first-order chi connectivity index (χ1) is 14.0. The number of unbranched alkanes of at least 4 members (excludes halogenated alkanes) is 10. The molecule has 1 atom stereocenters. The molecule has 0 fully saturated rings. The Kier molecular flexibility index (Phi) is 18.8. The molecule has 0 amide bonds. The van der Waals surface area contributed by atoms with Gasteiger partial charge >= 0.3 is 5.97 Å². The second kappa shape index (κ2) is 19.3. The first-order valence-electron chi connectivity index (χ1n) is 11.7. The lowest BCUT2D eigenvalue weighted by atomic mass is 9.93. The first-order valence-corrected chi connectivity index (χ1v) is 11.7. The van der Waals surface area contributed by atoms with E-state index in [-0.39, 0.29) is 18.7 Å². The molecular formula is C23H46O6. The van der Waals surface area contributed by atoms with Crippen molar-refractivity contribution in [2.45, 2.75) is 109 Å². The van der Waals surface area contributed by atoms with Gasteiger partial charge in [-0.3, -0.25) is 4.79 Å². The van der Waals surface area contributed by atoms with Gasteiger partial charge in [0.15, 0.2) is 0 Å². The van der Waals surface area contributed by atoms with Crippen molar-refractivity contribution in [1.82, 2.24) is 0 Å². The van der Waals surface area contributed by atoms with Crippen LogP contribution in [-0.4, -0.2) is 58.9 Å². The van der Waals surface area contributed by atoms with Crippen molar-refractivity contribution < 1.29 is 30.0 Å². The van der Waals surface area contributed by atoms with Crippen LogP contribution < -0.4 is 0 Å². The van der Waals surface area contributed by atoms with Gasteiger partial charge in [-0.2, -0.15) is 0 Å². The molecule has 0 aliphatic heterocycles. The van der Waals surface area contributed by atoms with Gasteiger partial charge in [-0.05, 0) is 19.3 Å². The maximum absolute atomic E-state index is 11.7. The third-order valence-corrected chi connectivity index (χ3v) is 5.60. The molecule has 6 nitrogen and oxygen atoms in total. The summed E-state index contributed by atoms with van der Waals surface area (Å²) in [5.41, 5.74) is -1.15. The predicted molar refractivity (Wildman–Crippen MR) is 116 cm³/mol. The molecule has 0 radical (unpaired) electrons. The highest BCUT2D eigenvalue weighted by Gasteiger charge is 2.29. The molecule has 0 aliphatic rings. The fraction of sp³-hybridized carbons (Fsp3) is 0.957. The molecule has 0 rings (SSSR count). The molecule has 1 unspecified atom stereocenters. The minimum absolute atomic E-state index is 0.121. The number of aliphatic hydroxyl groups excluding tert-OH is 4. The number of esters is 1. The molecule has 0 spiro atoms. The minimum Gasteiger partial charge on any atom is -0.465 e. The number of ether oxygens (including phenoxy) is 1. The van der Waals surface area contributed by atoms with Crippen molar-refractivity contribution in [2.75, 3.05) is 26.4 Å². The minimum atomic E-state index is -1.15. The van der Waals surface area contributed by atoms with Gasteiger partial charge in [-0.15, -0.1) is 0 Å². The molecule has 0 aromatic carbocycles. The number of rotatable bonds is 21. The highest BCUT2D eigenvalue weighted by Crippen LogP contribution is 2.17. The van der Waals surface area contributed by atoms with Crippen LogP contribution in [0.25, 0.3) is 0 Å². The Morgan fingerprint density at radius 1 is 0.759 bits per heavy atom. The van der Waals surface area contributed by atoms with Crippen LogP contribution in [0.3, 0.4) is 0 Å². The van der Waals surface area contributed by atoms with Crippen LogP contribution in [-0.2, 0) is 9.53 Å². The maximum atomic E-state index is 11.7. The lowest BCUT2D eigenvalue weighted by Gasteiger charge is -2.26. The summed E-state index contributed by atoms with van der Waals surface area (Å²) in [6.07, 6.45) is 15.7. The third-order valence-electron chi connectivity index (χ3n) is 5.60. The summed E-state index contributed by atoms with van der Waals surface area (Å²) >= 11 is 0. The summed E-state index contributed by atoms with van der Waals surface area (Å²) in [4.78, 5) is 11.7. The van der Waals surface area contributed by atoms with Crippen LogP contribution >= 0.6 is 0 Å². The summed E-state index contributed by atoms with van der Waals surface area (Å²) in [5, 5.41) is 37.5. The van der Waals surface area contributed by atoms with Crippen molar-refractivity contribution in [3.8, 4) is 0 Å². The van der Waals surface area contributed by atoms with Gasteiger partial charge in [0.05, 0.1) is 31.3 Å². The van der Waals surface area contributed by atoms with Gasteiger partial charge in [0.25, 0.3) is 0 Å². The molecule has 6 heteroatoms. The van der Waals surface area contributed by atoms with E-state index in [1.165, 1.54) is 38.5 Å². The summed E-state index contributed by atoms with van der Waals surface area (Å²) in [7, 11) is 0. The first kappa shape index (κ1) is 28.3. The van der Waals surface area contributed by atoms with E-state index in [2.05, 4.69) is 6.92 Å². The topological polar surface area (TPSA) is 107 Å². The molecule has 4 N–H and O–H groups in total. The predicted octanol–water partition coefficient (Wildman–Crippen LogP) is 3.73. The van der Waals surface area contributed by atoms with E-state index in [9.17, 15) is 25.2 Å². The number of carbonyl (C=O) groups excluding carboxylic acids is 1.